The number of carbonyl (C=O) groups excluding carboxylic acids is 1. The number of nitriles is 1. The van der Waals surface area contributed by atoms with Gasteiger partial charge in [0.2, 0.25) is 0 Å². The minimum atomic E-state index is -0.586. The summed E-state index contributed by atoms with van der Waals surface area (Å²) >= 11 is 0. The maximum Gasteiger partial charge on any atom is 0.267 e. The lowest BCUT2D eigenvalue weighted by molar-refractivity contribution is -0.112. The topological polar surface area (TPSA) is 109 Å². The summed E-state index contributed by atoms with van der Waals surface area (Å²) in [5.74, 6) is 0.415. The van der Waals surface area contributed by atoms with E-state index < -0.39 is 5.91 Å². The minimum Gasteiger partial charge on any atom is -0.497 e. The molecule has 0 aliphatic carbocycles. The van der Waals surface area contributed by atoms with Crippen LogP contribution in [0, 0.1) is 18.3 Å². The number of anilines is 3. The van der Waals surface area contributed by atoms with Gasteiger partial charge in [-0.1, -0.05) is 6.07 Å². The first kappa shape index (κ1) is 18.7. The number of nitrogens with one attached hydrogen (secondary N) is 2. The average Bonchev–Trinajstić information content (AvgIpc) is 2.63. The number of nitrogens with zero attached hydrogens (tertiary/aromatic N) is 1. The smallest absolute Gasteiger partial charge is 0.267 e. The highest BCUT2D eigenvalue weighted by Gasteiger charge is 2.13. The summed E-state index contributed by atoms with van der Waals surface area (Å²) in [6.07, 6.45) is 1.31. The maximum atomic E-state index is 12.4. The van der Waals surface area contributed by atoms with Crippen molar-refractivity contribution < 1.29 is 14.3 Å². The number of nitrogen functional groups attached to an aromatic ring is 1. The summed E-state index contributed by atoms with van der Waals surface area (Å²) in [6.45, 7) is 1.92. The number of nitrogens with two attached hydrogens (primary N) is 1. The molecule has 0 aliphatic rings. The Morgan fingerprint density at radius 2 is 1.92 bits per heavy atom. The van der Waals surface area contributed by atoms with Gasteiger partial charge < -0.3 is 25.8 Å². The van der Waals surface area contributed by atoms with Crippen molar-refractivity contribution in [2.45, 2.75) is 6.92 Å². The number of benzene rings is 2. The van der Waals surface area contributed by atoms with Gasteiger partial charge in [-0.15, -0.1) is 0 Å². The van der Waals surface area contributed by atoms with Crippen LogP contribution in [-0.2, 0) is 4.79 Å². The molecule has 7 heteroatoms. The summed E-state index contributed by atoms with van der Waals surface area (Å²) in [6, 6.07) is 12.3. The Hall–Kier alpha value is -3.66. The molecule has 0 saturated carbocycles. The largest absolute Gasteiger partial charge is 0.497 e. The van der Waals surface area contributed by atoms with E-state index in [9.17, 15) is 10.1 Å². The summed E-state index contributed by atoms with van der Waals surface area (Å²) in [5.41, 5.74) is 8.34. The highest BCUT2D eigenvalue weighted by molar-refractivity contribution is 6.07. The first-order chi connectivity index (χ1) is 12.5. The van der Waals surface area contributed by atoms with E-state index in [-0.39, 0.29) is 5.57 Å². The van der Waals surface area contributed by atoms with Crippen LogP contribution in [0.25, 0.3) is 0 Å². The monoisotopic (exact) mass is 352 g/mol. The van der Waals surface area contributed by atoms with Gasteiger partial charge in [0.15, 0.2) is 0 Å². The van der Waals surface area contributed by atoms with Gasteiger partial charge in [-0.2, -0.15) is 5.26 Å². The molecule has 26 heavy (non-hydrogen) atoms. The van der Waals surface area contributed by atoms with Crippen LogP contribution in [-0.4, -0.2) is 20.1 Å². The van der Waals surface area contributed by atoms with E-state index in [1.54, 1.807) is 30.3 Å². The van der Waals surface area contributed by atoms with Gasteiger partial charge in [0.25, 0.3) is 5.91 Å². The van der Waals surface area contributed by atoms with Crippen LogP contribution >= 0.6 is 0 Å². The average molecular weight is 352 g/mol. The zero-order valence-corrected chi connectivity index (χ0v) is 14.8. The SMILES string of the molecule is COc1ccc(OC)c(NC(=O)/C(C#N)=C\Nc2ccc(C)cc2N)c1. The van der Waals surface area contributed by atoms with Gasteiger partial charge in [0.05, 0.1) is 31.3 Å². The molecule has 2 aromatic rings. The fraction of sp³-hybridized carbons (Fsp3) is 0.158. The molecule has 0 atom stereocenters. The fourth-order valence-corrected chi connectivity index (χ4v) is 2.21. The predicted octanol–water partition coefficient (Wildman–Crippen LogP) is 3.05. The minimum absolute atomic E-state index is 0.116. The summed E-state index contributed by atoms with van der Waals surface area (Å²) in [5, 5.41) is 14.8. The van der Waals surface area contributed by atoms with Crippen LogP contribution in [0.4, 0.5) is 17.1 Å². The molecule has 2 aromatic carbocycles. The van der Waals surface area contributed by atoms with Crippen molar-refractivity contribution in [2.75, 3.05) is 30.6 Å². The van der Waals surface area contributed by atoms with E-state index in [1.165, 1.54) is 20.4 Å². The molecule has 0 unspecified atom stereocenters. The first-order valence-corrected chi connectivity index (χ1v) is 7.74. The number of amides is 1. The molecule has 0 fully saturated rings. The summed E-state index contributed by atoms with van der Waals surface area (Å²) < 4.78 is 10.3. The summed E-state index contributed by atoms with van der Waals surface area (Å²) in [7, 11) is 3.00. The molecule has 134 valence electrons. The van der Waals surface area contributed by atoms with Crippen LogP contribution < -0.4 is 25.8 Å². The molecule has 7 nitrogen and oxygen atoms in total. The van der Waals surface area contributed by atoms with Crippen LogP contribution in [0.5, 0.6) is 11.5 Å². The molecule has 0 radical (unpaired) electrons. The van der Waals surface area contributed by atoms with Crippen molar-refractivity contribution in [2.24, 2.45) is 0 Å². The second kappa shape index (κ2) is 8.44. The normalized spacial score (nSPS) is 10.6. The van der Waals surface area contributed by atoms with Crippen molar-refractivity contribution in [3.05, 3.63) is 53.7 Å². The third-order valence-electron chi connectivity index (χ3n) is 3.60. The van der Waals surface area contributed by atoms with Crippen molar-refractivity contribution in [3.63, 3.8) is 0 Å². The van der Waals surface area contributed by atoms with Gasteiger partial charge in [-0.25, -0.2) is 0 Å². The molecule has 0 bridgehead atoms. The van der Waals surface area contributed by atoms with E-state index in [0.717, 1.165) is 5.56 Å². The molecule has 2 rings (SSSR count). The number of methoxy groups -OCH3 is 2. The lowest BCUT2D eigenvalue weighted by Gasteiger charge is -2.11. The second-order valence-electron chi connectivity index (χ2n) is 5.43. The number of ether oxygens (including phenoxy) is 2. The van der Waals surface area contributed by atoms with E-state index in [4.69, 9.17) is 15.2 Å². The molecular weight excluding hydrogens is 332 g/mol. The Balaban J connectivity index is 2.20. The third-order valence-corrected chi connectivity index (χ3v) is 3.60. The van der Waals surface area contributed by atoms with Crippen LogP contribution in [0.15, 0.2) is 48.2 Å². The molecule has 4 N–H and O–H groups in total. The van der Waals surface area contributed by atoms with Gasteiger partial charge in [0, 0.05) is 12.3 Å². The van der Waals surface area contributed by atoms with Crippen molar-refractivity contribution in [1.29, 1.82) is 5.26 Å². The molecule has 0 aromatic heterocycles. The van der Waals surface area contributed by atoms with Gasteiger partial charge in [-0.05, 0) is 36.8 Å². The highest BCUT2D eigenvalue weighted by atomic mass is 16.5. The van der Waals surface area contributed by atoms with Crippen molar-refractivity contribution in [1.82, 2.24) is 0 Å². The number of hydrogen-bond donors (Lipinski definition) is 3. The molecule has 0 saturated heterocycles. The van der Waals surface area contributed by atoms with E-state index >= 15 is 0 Å². The Morgan fingerprint density at radius 3 is 2.54 bits per heavy atom. The van der Waals surface area contributed by atoms with Crippen LogP contribution in [0.3, 0.4) is 0 Å². The van der Waals surface area contributed by atoms with E-state index in [1.807, 2.05) is 19.1 Å². The Kier molecular flexibility index (Phi) is 6.06. The lowest BCUT2D eigenvalue weighted by atomic mass is 10.2. The zero-order valence-electron chi connectivity index (χ0n) is 14.8. The number of hydrogen-bond acceptors (Lipinski definition) is 6. The van der Waals surface area contributed by atoms with E-state index in [0.29, 0.717) is 28.6 Å². The predicted molar refractivity (Wildman–Crippen MR) is 101 cm³/mol. The van der Waals surface area contributed by atoms with Crippen molar-refractivity contribution in [3.8, 4) is 17.6 Å². The van der Waals surface area contributed by atoms with Gasteiger partial charge >= 0.3 is 0 Å². The van der Waals surface area contributed by atoms with E-state index in [2.05, 4.69) is 10.6 Å². The number of carbonyl (C=O) groups is 1. The molecule has 0 spiro atoms. The third kappa shape index (κ3) is 4.45. The first-order valence-electron chi connectivity index (χ1n) is 7.74. The lowest BCUT2D eigenvalue weighted by Crippen LogP contribution is -2.15. The molecular formula is C19H20N4O3. The van der Waals surface area contributed by atoms with Gasteiger partial charge in [-0.3, -0.25) is 4.79 Å². The Bertz CT molecular complexity index is 885. The van der Waals surface area contributed by atoms with Crippen LogP contribution in [0.2, 0.25) is 0 Å². The Morgan fingerprint density at radius 1 is 1.15 bits per heavy atom. The molecule has 0 aliphatic heterocycles. The van der Waals surface area contributed by atoms with Crippen LogP contribution in [0.1, 0.15) is 5.56 Å². The number of aryl methyl sites for hydroxylation is 1. The highest BCUT2D eigenvalue weighted by Crippen LogP contribution is 2.29. The van der Waals surface area contributed by atoms with Crippen molar-refractivity contribution >= 4 is 23.0 Å². The second-order valence-corrected chi connectivity index (χ2v) is 5.43. The Labute approximate surface area is 152 Å². The maximum absolute atomic E-state index is 12.4. The summed E-state index contributed by atoms with van der Waals surface area (Å²) in [4.78, 5) is 12.4. The standard InChI is InChI=1S/C19H20N4O3/c1-12-4-6-16(15(21)8-12)22-11-13(10-20)19(24)23-17-9-14(25-2)5-7-18(17)26-3/h4-9,11,22H,21H2,1-3H3,(H,23,24)/b13-11-. The zero-order chi connectivity index (χ0) is 19.1. The van der Waals surface area contributed by atoms with Gasteiger partial charge in [0.1, 0.15) is 23.1 Å². The quantitative estimate of drug-likeness (QED) is 0.419. The molecule has 1 amide bonds. The molecule has 0 heterocycles. The number of rotatable bonds is 6. The fourth-order valence-electron chi connectivity index (χ4n) is 2.21.